The van der Waals surface area contributed by atoms with Crippen molar-refractivity contribution < 1.29 is 9.18 Å². The minimum Gasteiger partial charge on any atom is -0.335 e. The Morgan fingerprint density at radius 3 is 2.84 bits per heavy atom. The molecule has 0 aliphatic heterocycles. The molecule has 6 rings (SSSR count). The summed E-state index contributed by atoms with van der Waals surface area (Å²) in [6.45, 7) is 2.05. The molecule has 1 aromatic carbocycles. The van der Waals surface area contributed by atoms with E-state index in [-0.39, 0.29) is 11.7 Å². The van der Waals surface area contributed by atoms with E-state index in [1.165, 1.54) is 12.1 Å². The summed E-state index contributed by atoms with van der Waals surface area (Å²) in [5.74, 6) is 0.131. The lowest BCUT2D eigenvalue weighted by molar-refractivity contribution is -0.116. The lowest BCUT2D eigenvalue weighted by Gasteiger charge is -2.07. The van der Waals surface area contributed by atoms with Crippen LogP contribution in [0.5, 0.6) is 0 Å². The number of hydrogen-bond acceptors (Lipinski definition) is 6. The number of carbonyl (C=O) groups excluding carboxylic acids is 1. The van der Waals surface area contributed by atoms with E-state index in [0.29, 0.717) is 51.6 Å². The quantitative estimate of drug-likeness (QED) is 0.248. The average Bonchev–Trinajstić information content (AvgIpc) is 3.55. The molecule has 9 nitrogen and oxygen atoms in total. The summed E-state index contributed by atoms with van der Waals surface area (Å²) in [6, 6.07) is 13.8. The smallest absolute Gasteiger partial charge is 0.224 e. The number of benzene rings is 1. The SMILES string of the molecule is CCCCC(=O)Nc1cncc(-c2ccc3[nH]nc(-c4nc5nccc(-c6cccc(F)c6)c5[nH]4)c3n2)c1. The van der Waals surface area contributed by atoms with Gasteiger partial charge in [-0.25, -0.2) is 19.3 Å². The predicted octanol–water partition coefficient (Wildman–Crippen LogP) is 5.89. The number of aromatic amines is 2. The molecule has 0 aliphatic rings. The van der Waals surface area contributed by atoms with Crippen LogP contribution >= 0.6 is 0 Å². The van der Waals surface area contributed by atoms with Crippen molar-refractivity contribution in [2.24, 2.45) is 0 Å². The zero-order valence-corrected chi connectivity index (χ0v) is 20.5. The monoisotopic (exact) mass is 506 g/mol. The first-order valence-corrected chi connectivity index (χ1v) is 12.3. The van der Waals surface area contributed by atoms with Gasteiger partial charge in [-0.2, -0.15) is 5.10 Å². The van der Waals surface area contributed by atoms with Gasteiger partial charge in [0.1, 0.15) is 11.3 Å². The molecule has 0 spiro atoms. The lowest BCUT2D eigenvalue weighted by atomic mass is 10.1. The second-order valence-electron chi connectivity index (χ2n) is 8.93. The van der Waals surface area contributed by atoms with Crippen molar-refractivity contribution in [1.82, 2.24) is 35.1 Å². The van der Waals surface area contributed by atoms with Gasteiger partial charge >= 0.3 is 0 Å². The van der Waals surface area contributed by atoms with Crippen LogP contribution in [0.1, 0.15) is 26.2 Å². The first-order valence-electron chi connectivity index (χ1n) is 12.3. The van der Waals surface area contributed by atoms with Crippen LogP contribution in [-0.2, 0) is 4.79 Å². The molecule has 38 heavy (non-hydrogen) atoms. The molecular formula is C28H23FN8O. The zero-order valence-electron chi connectivity index (χ0n) is 20.5. The fourth-order valence-electron chi connectivity index (χ4n) is 4.35. The number of carbonyl (C=O) groups is 1. The zero-order chi connectivity index (χ0) is 26.1. The maximum atomic E-state index is 13.9. The molecule has 188 valence electrons. The van der Waals surface area contributed by atoms with Crippen LogP contribution in [0.2, 0.25) is 0 Å². The van der Waals surface area contributed by atoms with Crippen molar-refractivity contribution in [2.75, 3.05) is 5.32 Å². The Kier molecular flexibility index (Phi) is 6.04. The van der Waals surface area contributed by atoms with Crippen LogP contribution in [0, 0.1) is 5.82 Å². The number of aromatic nitrogens is 7. The van der Waals surface area contributed by atoms with Crippen molar-refractivity contribution in [3.8, 4) is 33.9 Å². The number of anilines is 1. The first kappa shape index (κ1) is 23.4. The number of nitrogens with zero attached hydrogens (tertiary/aromatic N) is 5. The Hall–Kier alpha value is -4.99. The maximum Gasteiger partial charge on any atom is 0.224 e. The Bertz CT molecular complexity index is 1790. The van der Waals surface area contributed by atoms with Gasteiger partial charge < -0.3 is 10.3 Å². The van der Waals surface area contributed by atoms with Gasteiger partial charge in [-0.05, 0) is 48.4 Å². The normalized spacial score (nSPS) is 11.3. The summed E-state index contributed by atoms with van der Waals surface area (Å²) in [5.41, 5.74) is 6.60. The molecule has 6 aromatic rings. The van der Waals surface area contributed by atoms with Crippen molar-refractivity contribution in [3.63, 3.8) is 0 Å². The Balaban J connectivity index is 1.37. The van der Waals surface area contributed by atoms with Gasteiger partial charge in [-0.3, -0.25) is 14.9 Å². The molecule has 0 saturated carbocycles. The molecular weight excluding hydrogens is 483 g/mol. The topological polar surface area (TPSA) is 125 Å². The fourth-order valence-corrected chi connectivity index (χ4v) is 4.35. The average molecular weight is 507 g/mol. The number of nitrogens with one attached hydrogen (secondary N) is 3. The Morgan fingerprint density at radius 1 is 1.05 bits per heavy atom. The van der Waals surface area contributed by atoms with Crippen LogP contribution in [0.4, 0.5) is 10.1 Å². The van der Waals surface area contributed by atoms with Crippen LogP contribution in [0.25, 0.3) is 56.1 Å². The highest BCUT2D eigenvalue weighted by molar-refractivity contribution is 5.95. The first-order chi connectivity index (χ1) is 18.6. The maximum absolute atomic E-state index is 13.9. The second-order valence-corrected chi connectivity index (χ2v) is 8.93. The highest BCUT2D eigenvalue weighted by atomic mass is 19.1. The largest absolute Gasteiger partial charge is 0.335 e. The van der Waals surface area contributed by atoms with Crippen LogP contribution < -0.4 is 5.32 Å². The number of unbranched alkanes of at least 4 members (excludes halogenated alkanes) is 1. The molecule has 0 atom stereocenters. The van der Waals surface area contributed by atoms with Gasteiger partial charge in [0.05, 0.1) is 28.6 Å². The standard InChI is InChI=1S/C28H23FN8O/c1-2-3-7-23(38)32-19-13-17(14-30-15-19)21-8-9-22-25(33-21)26(37-36-22)28-34-24-20(10-11-31-27(24)35-28)16-5-4-6-18(29)12-16/h4-6,8-15H,2-3,7H2,1H3,(H,32,38)(H,36,37)(H,31,34,35). The second kappa shape index (κ2) is 9.81. The molecule has 3 N–H and O–H groups in total. The van der Waals surface area contributed by atoms with E-state index in [2.05, 4.69) is 35.5 Å². The molecule has 5 aromatic heterocycles. The van der Waals surface area contributed by atoms with E-state index >= 15 is 0 Å². The third kappa shape index (κ3) is 4.47. The number of hydrogen-bond donors (Lipinski definition) is 3. The summed E-state index contributed by atoms with van der Waals surface area (Å²) >= 11 is 0. The number of rotatable bonds is 7. The fraction of sp³-hybridized carbons (Fsp3) is 0.143. The van der Waals surface area contributed by atoms with Gasteiger partial charge in [0, 0.05) is 29.9 Å². The van der Waals surface area contributed by atoms with E-state index in [1.54, 1.807) is 24.7 Å². The van der Waals surface area contributed by atoms with E-state index < -0.39 is 0 Å². The molecule has 0 fully saturated rings. The van der Waals surface area contributed by atoms with Crippen molar-refractivity contribution in [3.05, 3.63) is 72.9 Å². The molecule has 0 bridgehead atoms. The molecule has 1 amide bonds. The van der Waals surface area contributed by atoms with E-state index in [4.69, 9.17) is 4.98 Å². The Labute approximate surface area is 216 Å². The summed E-state index contributed by atoms with van der Waals surface area (Å²) in [5, 5.41) is 10.4. The van der Waals surface area contributed by atoms with Gasteiger partial charge in [-0.1, -0.05) is 25.5 Å². The number of halogens is 1. The van der Waals surface area contributed by atoms with Gasteiger partial charge in [-0.15, -0.1) is 0 Å². The highest BCUT2D eigenvalue weighted by Crippen LogP contribution is 2.31. The lowest BCUT2D eigenvalue weighted by Crippen LogP contribution is -2.11. The van der Waals surface area contributed by atoms with Crippen LogP contribution in [0.15, 0.2) is 67.1 Å². The summed E-state index contributed by atoms with van der Waals surface area (Å²) in [6.07, 6.45) is 7.22. The summed E-state index contributed by atoms with van der Waals surface area (Å²) in [7, 11) is 0. The minimum absolute atomic E-state index is 0.0394. The Morgan fingerprint density at radius 2 is 1.97 bits per heavy atom. The molecule has 5 heterocycles. The third-order valence-corrected chi connectivity index (χ3v) is 6.23. The highest BCUT2D eigenvalue weighted by Gasteiger charge is 2.18. The number of H-pyrrole nitrogens is 2. The third-order valence-electron chi connectivity index (χ3n) is 6.23. The summed E-state index contributed by atoms with van der Waals surface area (Å²) < 4.78 is 13.9. The van der Waals surface area contributed by atoms with Crippen molar-refractivity contribution in [1.29, 1.82) is 0 Å². The van der Waals surface area contributed by atoms with Crippen LogP contribution in [0.3, 0.4) is 0 Å². The summed E-state index contributed by atoms with van der Waals surface area (Å²) in [4.78, 5) is 33.6. The molecule has 0 radical (unpaired) electrons. The van der Waals surface area contributed by atoms with Crippen molar-refractivity contribution in [2.45, 2.75) is 26.2 Å². The predicted molar refractivity (Wildman–Crippen MR) is 144 cm³/mol. The van der Waals surface area contributed by atoms with Crippen LogP contribution in [-0.4, -0.2) is 41.0 Å². The van der Waals surface area contributed by atoms with Crippen molar-refractivity contribution >= 4 is 33.8 Å². The molecule has 0 unspecified atom stereocenters. The number of pyridine rings is 3. The molecule has 0 aliphatic carbocycles. The molecule has 10 heteroatoms. The number of amides is 1. The van der Waals surface area contributed by atoms with E-state index in [0.717, 1.165) is 29.5 Å². The van der Waals surface area contributed by atoms with Gasteiger partial charge in [0.2, 0.25) is 5.91 Å². The van der Waals surface area contributed by atoms with E-state index in [9.17, 15) is 9.18 Å². The van der Waals surface area contributed by atoms with Gasteiger partial charge in [0.25, 0.3) is 0 Å². The minimum atomic E-state index is -0.318. The number of imidazole rings is 1. The molecule has 0 saturated heterocycles. The number of fused-ring (bicyclic) bond motifs is 2. The van der Waals surface area contributed by atoms with Gasteiger partial charge in [0.15, 0.2) is 17.2 Å². The van der Waals surface area contributed by atoms with E-state index in [1.807, 2.05) is 37.3 Å².